The lowest BCUT2D eigenvalue weighted by molar-refractivity contribution is 0.590. The molecule has 2 aromatic carbocycles. The van der Waals surface area contributed by atoms with Gasteiger partial charge in [0.05, 0.1) is 0 Å². The lowest BCUT2D eigenvalue weighted by Crippen LogP contribution is -2.11. The first-order valence-corrected chi connectivity index (χ1v) is 9.57. The van der Waals surface area contributed by atoms with Crippen LogP contribution in [0.1, 0.15) is 52.7 Å². The monoisotopic (exact) mass is 358 g/mol. The fraction of sp³-hybridized carbons (Fsp3) is 0.320. The van der Waals surface area contributed by atoms with E-state index in [1.807, 2.05) is 18.5 Å². The number of hydrogen-bond donors (Lipinski definition) is 1. The Balaban J connectivity index is 2.00. The molecule has 2 heteroatoms. The van der Waals surface area contributed by atoms with E-state index in [1.54, 1.807) is 0 Å². The van der Waals surface area contributed by atoms with Gasteiger partial charge < -0.3 is 5.32 Å². The predicted octanol–water partition coefficient (Wildman–Crippen LogP) is 7.09. The van der Waals surface area contributed by atoms with Gasteiger partial charge in [-0.1, -0.05) is 65.8 Å². The molecule has 0 spiro atoms. The maximum absolute atomic E-state index is 4.31. The predicted molar refractivity (Wildman–Crippen MR) is 117 cm³/mol. The van der Waals surface area contributed by atoms with E-state index < -0.39 is 0 Å². The molecule has 3 aromatic rings. The average molecular weight is 359 g/mol. The SMILES string of the molecule is CC(C)(C)c1ccc(Nc2ccc(C(C)(C)C)cc2-c2cccnc2)cc1. The Hall–Kier alpha value is -2.61. The Morgan fingerprint density at radius 1 is 0.741 bits per heavy atom. The topological polar surface area (TPSA) is 24.9 Å². The number of pyridine rings is 1. The van der Waals surface area contributed by atoms with Crippen molar-refractivity contribution in [3.63, 3.8) is 0 Å². The standard InChI is InChI=1S/C25H30N2/c1-24(2,3)19-9-12-21(13-10-19)27-23-14-11-20(25(4,5)6)16-22(23)18-8-7-15-26-17-18/h7-17,27H,1-6H3. The summed E-state index contributed by atoms with van der Waals surface area (Å²) in [5.41, 5.74) is 7.40. The van der Waals surface area contributed by atoms with Gasteiger partial charge in [-0.2, -0.15) is 0 Å². The first kappa shape index (κ1) is 19.2. The van der Waals surface area contributed by atoms with E-state index in [4.69, 9.17) is 0 Å². The van der Waals surface area contributed by atoms with Crippen molar-refractivity contribution in [2.45, 2.75) is 52.4 Å². The Kier molecular flexibility index (Phi) is 5.10. The largest absolute Gasteiger partial charge is 0.355 e. The summed E-state index contributed by atoms with van der Waals surface area (Å²) in [5.74, 6) is 0. The number of anilines is 2. The van der Waals surface area contributed by atoms with Gasteiger partial charge in [-0.05, 0) is 52.3 Å². The van der Waals surface area contributed by atoms with Crippen LogP contribution in [0.5, 0.6) is 0 Å². The van der Waals surface area contributed by atoms with Crippen molar-refractivity contribution < 1.29 is 0 Å². The second-order valence-electron chi connectivity index (χ2n) is 9.20. The van der Waals surface area contributed by atoms with E-state index in [1.165, 1.54) is 16.7 Å². The molecule has 2 nitrogen and oxygen atoms in total. The number of benzene rings is 2. The summed E-state index contributed by atoms with van der Waals surface area (Å²) >= 11 is 0. The third kappa shape index (κ3) is 4.57. The molecular formula is C25H30N2. The molecule has 1 N–H and O–H groups in total. The van der Waals surface area contributed by atoms with Crippen molar-refractivity contribution in [2.24, 2.45) is 0 Å². The molecule has 0 fully saturated rings. The maximum atomic E-state index is 4.31. The van der Waals surface area contributed by atoms with Gasteiger partial charge in [-0.15, -0.1) is 0 Å². The van der Waals surface area contributed by atoms with Gasteiger partial charge in [0, 0.05) is 34.9 Å². The molecule has 0 atom stereocenters. The highest BCUT2D eigenvalue weighted by molar-refractivity contribution is 5.81. The molecule has 0 saturated carbocycles. The number of nitrogens with one attached hydrogen (secondary N) is 1. The summed E-state index contributed by atoms with van der Waals surface area (Å²) in [6.45, 7) is 13.4. The van der Waals surface area contributed by atoms with Crippen LogP contribution in [-0.4, -0.2) is 4.98 Å². The van der Waals surface area contributed by atoms with Crippen LogP contribution >= 0.6 is 0 Å². The van der Waals surface area contributed by atoms with Crippen LogP contribution in [0, 0.1) is 0 Å². The van der Waals surface area contributed by atoms with Gasteiger partial charge >= 0.3 is 0 Å². The van der Waals surface area contributed by atoms with Gasteiger partial charge in [0.25, 0.3) is 0 Å². The van der Waals surface area contributed by atoms with Crippen LogP contribution in [0.2, 0.25) is 0 Å². The summed E-state index contributed by atoms with van der Waals surface area (Å²) in [7, 11) is 0. The highest BCUT2D eigenvalue weighted by Crippen LogP contribution is 2.35. The number of hydrogen-bond acceptors (Lipinski definition) is 2. The average Bonchev–Trinajstić information content (AvgIpc) is 2.61. The van der Waals surface area contributed by atoms with Crippen LogP contribution in [0.15, 0.2) is 67.0 Å². The zero-order valence-corrected chi connectivity index (χ0v) is 17.3. The van der Waals surface area contributed by atoms with Crippen molar-refractivity contribution in [2.75, 3.05) is 5.32 Å². The minimum Gasteiger partial charge on any atom is -0.355 e. The van der Waals surface area contributed by atoms with E-state index >= 15 is 0 Å². The molecule has 0 amide bonds. The van der Waals surface area contributed by atoms with Crippen molar-refractivity contribution in [3.05, 3.63) is 78.1 Å². The lowest BCUT2D eigenvalue weighted by Gasteiger charge is -2.22. The van der Waals surface area contributed by atoms with E-state index in [9.17, 15) is 0 Å². The summed E-state index contributed by atoms with van der Waals surface area (Å²) in [5, 5.41) is 3.60. The molecule has 27 heavy (non-hydrogen) atoms. The fourth-order valence-electron chi connectivity index (χ4n) is 3.09. The fourth-order valence-corrected chi connectivity index (χ4v) is 3.09. The number of nitrogens with zero attached hydrogens (tertiary/aromatic N) is 1. The Morgan fingerprint density at radius 2 is 1.37 bits per heavy atom. The third-order valence-electron chi connectivity index (χ3n) is 4.89. The molecule has 0 bridgehead atoms. The van der Waals surface area contributed by atoms with Crippen LogP contribution < -0.4 is 5.32 Å². The zero-order chi connectivity index (χ0) is 19.7. The Morgan fingerprint density at radius 3 is 1.93 bits per heavy atom. The smallest absolute Gasteiger partial charge is 0.0464 e. The highest BCUT2D eigenvalue weighted by atomic mass is 14.9. The molecular weight excluding hydrogens is 328 g/mol. The molecule has 0 saturated heterocycles. The van der Waals surface area contributed by atoms with E-state index in [0.717, 1.165) is 16.9 Å². The van der Waals surface area contributed by atoms with Crippen molar-refractivity contribution in [1.29, 1.82) is 0 Å². The van der Waals surface area contributed by atoms with Gasteiger partial charge in [0.2, 0.25) is 0 Å². The second kappa shape index (κ2) is 7.19. The van der Waals surface area contributed by atoms with Crippen LogP contribution in [-0.2, 0) is 10.8 Å². The van der Waals surface area contributed by atoms with Crippen LogP contribution in [0.3, 0.4) is 0 Å². The summed E-state index contributed by atoms with van der Waals surface area (Å²) in [4.78, 5) is 4.31. The van der Waals surface area contributed by atoms with Gasteiger partial charge in [-0.3, -0.25) is 4.98 Å². The van der Waals surface area contributed by atoms with E-state index in [2.05, 4.69) is 100 Å². The Bertz CT molecular complexity index is 896. The zero-order valence-electron chi connectivity index (χ0n) is 17.3. The molecule has 3 rings (SSSR count). The highest BCUT2D eigenvalue weighted by Gasteiger charge is 2.17. The molecule has 1 heterocycles. The van der Waals surface area contributed by atoms with Crippen molar-refractivity contribution in [1.82, 2.24) is 4.98 Å². The summed E-state index contributed by atoms with van der Waals surface area (Å²) in [6.07, 6.45) is 3.74. The third-order valence-corrected chi connectivity index (χ3v) is 4.89. The molecule has 0 radical (unpaired) electrons. The number of aromatic nitrogens is 1. The molecule has 140 valence electrons. The van der Waals surface area contributed by atoms with E-state index in [-0.39, 0.29) is 10.8 Å². The lowest BCUT2D eigenvalue weighted by atomic mass is 9.85. The summed E-state index contributed by atoms with van der Waals surface area (Å²) < 4.78 is 0. The first-order valence-electron chi connectivity index (χ1n) is 9.57. The molecule has 0 aliphatic carbocycles. The normalized spacial score (nSPS) is 12.1. The molecule has 0 aliphatic heterocycles. The molecule has 1 aromatic heterocycles. The minimum atomic E-state index is 0.101. The van der Waals surface area contributed by atoms with Crippen molar-refractivity contribution >= 4 is 11.4 Å². The van der Waals surface area contributed by atoms with E-state index in [0.29, 0.717) is 0 Å². The summed E-state index contributed by atoms with van der Waals surface area (Å²) in [6, 6.07) is 19.5. The maximum Gasteiger partial charge on any atom is 0.0464 e. The molecule has 0 unspecified atom stereocenters. The second-order valence-corrected chi connectivity index (χ2v) is 9.20. The first-order chi connectivity index (χ1) is 12.6. The van der Waals surface area contributed by atoms with Crippen LogP contribution in [0.4, 0.5) is 11.4 Å². The molecule has 0 aliphatic rings. The van der Waals surface area contributed by atoms with Gasteiger partial charge in [0.15, 0.2) is 0 Å². The van der Waals surface area contributed by atoms with Crippen LogP contribution in [0.25, 0.3) is 11.1 Å². The van der Waals surface area contributed by atoms with Gasteiger partial charge in [0.1, 0.15) is 0 Å². The number of rotatable bonds is 3. The minimum absolute atomic E-state index is 0.101. The van der Waals surface area contributed by atoms with Gasteiger partial charge in [-0.25, -0.2) is 0 Å². The van der Waals surface area contributed by atoms with Crippen molar-refractivity contribution in [3.8, 4) is 11.1 Å². The quantitative estimate of drug-likeness (QED) is 0.540. The Labute approximate surface area is 163 Å².